The van der Waals surface area contributed by atoms with Crippen molar-refractivity contribution in [1.82, 2.24) is 4.72 Å². The normalized spacial score (nSPS) is 27.7. The van der Waals surface area contributed by atoms with Gasteiger partial charge in [0.05, 0.1) is 10.6 Å². The van der Waals surface area contributed by atoms with Crippen LogP contribution in [0.15, 0.2) is 23.1 Å². The zero-order chi connectivity index (χ0) is 16.6. The van der Waals surface area contributed by atoms with Gasteiger partial charge in [-0.1, -0.05) is 26.7 Å². The molecule has 2 aliphatic rings. The molecule has 1 fully saturated rings. The van der Waals surface area contributed by atoms with Gasteiger partial charge < -0.3 is 10.1 Å². The first-order valence-corrected chi connectivity index (χ1v) is 9.44. The van der Waals surface area contributed by atoms with Gasteiger partial charge in [0.1, 0.15) is 5.75 Å². The number of hydrogen-bond acceptors (Lipinski definition) is 4. The van der Waals surface area contributed by atoms with Crippen LogP contribution < -0.4 is 14.8 Å². The molecule has 0 bridgehead atoms. The Balaban J connectivity index is 1.81. The zero-order valence-corrected chi connectivity index (χ0v) is 14.2. The fraction of sp³-hybridized carbons (Fsp3) is 0.562. The lowest BCUT2D eigenvalue weighted by atomic mass is 9.78. The Kier molecular flexibility index (Phi) is 4.33. The number of carbonyl (C=O) groups is 1. The van der Waals surface area contributed by atoms with E-state index in [1.165, 1.54) is 12.1 Å². The fourth-order valence-corrected chi connectivity index (χ4v) is 4.61. The lowest BCUT2D eigenvalue weighted by molar-refractivity contribution is -0.118. The minimum Gasteiger partial charge on any atom is -0.482 e. The van der Waals surface area contributed by atoms with Crippen LogP contribution in [0.1, 0.15) is 33.1 Å². The summed E-state index contributed by atoms with van der Waals surface area (Å²) >= 11 is 0. The quantitative estimate of drug-likeness (QED) is 0.884. The van der Waals surface area contributed by atoms with E-state index in [1.54, 1.807) is 6.07 Å². The van der Waals surface area contributed by atoms with E-state index >= 15 is 0 Å². The summed E-state index contributed by atoms with van der Waals surface area (Å²) in [6.07, 6.45) is 3.05. The van der Waals surface area contributed by atoms with Crippen molar-refractivity contribution in [2.75, 3.05) is 11.9 Å². The van der Waals surface area contributed by atoms with Crippen molar-refractivity contribution in [2.45, 2.75) is 44.0 Å². The molecule has 126 valence electrons. The number of sulfonamides is 1. The lowest BCUT2D eigenvalue weighted by Crippen LogP contribution is -2.43. The Morgan fingerprint density at radius 3 is 2.83 bits per heavy atom. The summed E-state index contributed by atoms with van der Waals surface area (Å²) in [6.45, 7) is 4.17. The minimum absolute atomic E-state index is 0.0413. The molecule has 2 N–H and O–H groups in total. The molecule has 0 saturated heterocycles. The van der Waals surface area contributed by atoms with E-state index < -0.39 is 10.0 Å². The topological polar surface area (TPSA) is 84.5 Å². The summed E-state index contributed by atoms with van der Waals surface area (Å²) in [5, 5.41) is 2.65. The highest BCUT2D eigenvalue weighted by Gasteiger charge is 2.31. The molecule has 6 nitrogen and oxygen atoms in total. The maximum atomic E-state index is 12.6. The summed E-state index contributed by atoms with van der Waals surface area (Å²) in [7, 11) is -3.61. The molecule has 1 aliphatic carbocycles. The highest BCUT2D eigenvalue weighted by molar-refractivity contribution is 7.89. The van der Waals surface area contributed by atoms with Gasteiger partial charge >= 0.3 is 0 Å². The fourth-order valence-electron chi connectivity index (χ4n) is 3.24. The molecule has 1 saturated carbocycles. The Morgan fingerprint density at radius 2 is 2.04 bits per heavy atom. The van der Waals surface area contributed by atoms with Crippen molar-refractivity contribution in [2.24, 2.45) is 11.8 Å². The van der Waals surface area contributed by atoms with Gasteiger partial charge in [0, 0.05) is 12.1 Å². The molecule has 1 aromatic carbocycles. The first-order valence-electron chi connectivity index (χ1n) is 7.96. The standard InChI is InChI=1S/C16H22N2O4S/c1-10-4-3-5-13(11(10)2)18-23(20,21)12-6-7-14-15(8-12)22-9-16(19)17-14/h6-8,10-11,13,18H,3-5,9H2,1-2H3,(H,17,19). The number of amides is 1. The molecule has 7 heteroatoms. The monoisotopic (exact) mass is 338 g/mol. The Labute approximate surface area is 136 Å². The number of fused-ring (bicyclic) bond motifs is 1. The van der Waals surface area contributed by atoms with Gasteiger partial charge in [-0.3, -0.25) is 4.79 Å². The van der Waals surface area contributed by atoms with Gasteiger partial charge in [0.2, 0.25) is 10.0 Å². The van der Waals surface area contributed by atoms with Crippen LogP contribution in [0.2, 0.25) is 0 Å². The van der Waals surface area contributed by atoms with Crippen LogP contribution in [0.4, 0.5) is 5.69 Å². The third-order valence-corrected chi connectivity index (χ3v) is 6.40. The predicted molar refractivity (Wildman–Crippen MR) is 86.9 cm³/mol. The summed E-state index contributed by atoms with van der Waals surface area (Å²) < 4.78 is 33.4. The lowest BCUT2D eigenvalue weighted by Gasteiger charge is -2.34. The molecule has 0 radical (unpaired) electrons. The number of carbonyl (C=O) groups excluding carboxylic acids is 1. The van der Waals surface area contributed by atoms with Crippen LogP contribution in [0.25, 0.3) is 0 Å². The molecular formula is C16H22N2O4S. The third-order valence-electron chi connectivity index (χ3n) is 4.91. The van der Waals surface area contributed by atoms with E-state index in [4.69, 9.17) is 4.74 Å². The highest BCUT2D eigenvalue weighted by atomic mass is 32.2. The molecule has 0 aromatic heterocycles. The molecule has 1 heterocycles. The van der Waals surface area contributed by atoms with Gasteiger partial charge in [0.25, 0.3) is 5.91 Å². The summed E-state index contributed by atoms with van der Waals surface area (Å²) in [4.78, 5) is 11.4. The number of benzene rings is 1. The van der Waals surface area contributed by atoms with E-state index in [0.29, 0.717) is 23.3 Å². The van der Waals surface area contributed by atoms with E-state index in [2.05, 4.69) is 23.9 Å². The molecular weight excluding hydrogens is 316 g/mol. The van der Waals surface area contributed by atoms with Crippen molar-refractivity contribution >= 4 is 21.6 Å². The van der Waals surface area contributed by atoms with Crippen LogP contribution in [-0.4, -0.2) is 27.0 Å². The van der Waals surface area contributed by atoms with E-state index in [1.807, 2.05) is 0 Å². The second kappa shape index (κ2) is 6.13. The van der Waals surface area contributed by atoms with Crippen molar-refractivity contribution < 1.29 is 17.9 Å². The zero-order valence-electron chi connectivity index (χ0n) is 13.3. The van der Waals surface area contributed by atoms with Crippen molar-refractivity contribution in [1.29, 1.82) is 0 Å². The smallest absolute Gasteiger partial charge is 0.262 e. The number of hydrogen-bond donors (Lipinski definition) is 2. The molecule has 1 aliphatic heterocycles. The SMILES string of the molecule is CC1CCCC(NS(=O)(=O)c2ccc3c(c2)OCC(=O)N3)C1C. The van der Waals surface area contributed by atoms with E-state index in [9.17, 15) is 13.2 Å². The van der Waals surface area contributed by atoms with Gasteiger partial charge in [-0.25, -0.2) is 13.1 Å². The number of anilines is 1. The first-order chi connectivity index (χ1) is 10.9. The predicted octanol–water partition coefficient (Wildman–Crippen LogP) is 2.12. The largest absolute Gasteiger partial charge is 0.482 e. The summed E-state index contributed by atoms with van der Waals surface area (Å²) in [6, 6.07) is 4.48. The van der Waals surface area contributed by atoms with Crippen molar-refractivity contribution in [3.05, 3.63) is 18.2 Å². The van der Waals surface area contributed by atoms with Gasteiger partial charge in [-0.15, -0.1) is 0 Å². The third kappa shape index (κ3) is 3.35. The Morgan fingerprint density at radius 1 is 1.26 bits per heavy atom. The van der Waals surface area contributed by atoms with Crippen molar-refractivity contribution in [3.63, 3.8) is 0 Å². The first kappa shape index (κ1) is 16.3. The number of ether oxygens (including phenoxy) is 1. The molecule has 3 rings (SSSR count). The van der Waals surface area contributed by atoms with E-state index in [0.717, 1.165) is 19.3 Å². The van der Waals surface area contributed by atoms with Gasteiger partial charge in [-0.2, -0.15) is 0 Å². The van der Waals surface area contributed by atoms with Gasteiger partial charge in [-0.05, 0) is 30.4 Å². The molecule has 23 heavy (non-hydrogen) atoms. The Bertz CT molecular complexity index is 717. The maximum Gasteiger partial charge on any atom is 0.262 e. The molecule has 3 atom stereocenters. The molecule has 1 aromatic rings. The highest BCUT2D eigenvalue weighted by Crippen LogP contribution is 2.32. The molecule has 1 amide bonds. The molecule has 3 unspecified atom stereocenters. The van der Waals surface area contributed by atoms with Crippen LogP contribution in [0.3, 0.4) is 0 Å². The van der Waals surface area contributed by atoms with E-state index in [-0.39, 0.29) is 23.5 Å². The second-order valence-electron chi connectivity index (χ2n) is 6.49. The second-order valence-corrected chi connectivity index (χ2v) is 8.20. The minimum atomic E-state index is -3.61. The van der Waals surface area contributed by atoms with Crippen LogP contribution in [-0.2, 0) is 14.8 Å². The average molecular weight is 338 g/mol. The van der Waals surface area contributed by atoms with Crippen LogP contribution >= 0.6 is 0 Å². The Hall–Kier alpha value is -1.60. The number of nitrogens with one attached hydrogen (secondary N) is 2. The van der Waals surface area contributed by atoms with Crippen LogP contribution in [0, 0.1) is 11.8 Å². The van der Waals surface area contributed by atoms with Gasteiger partial charge in [0.15, 0.2) is 6.61 Å². The van der Waals surface area contributed by atoms with Crippen LogP contribution in [0.5, 0.6) is 5.75 Å². The summed E-state index contributed by atoms with van der Waals surface area (Å²) in [5.74, 6) is 0.971. The number of rotatable bonds is 3. The average Bonchev–Trinajstić information content (AvgIpc) is 2.51. The molecule has 0 spiro atoms. The summed E-state index contributed by atoms with van der Waals surface area (Å²) in [5.41, 5.74) is 0.500. The van der Waals surface area contributed by atoms with Crippen molar-refractivity contribution in [3.8, 4) is 5.75 Å². The maximum absolute atomic E-state index is 12.6.